The fourth-order valence-corrected chi connectivity index (χ4v) is 3.17. The van der Waals surface area contributed by atoms with Gasteiger partial charge in [0.25, 0.3) is 0 Å². The number of ether oxygens (including phenoxy) is 1. The monoisotopic (exact) mass is 310 g/mol. The Morgan fingerprint density at radius 3 is 2.09 bits per heavy atom. The van der Waals surface area contributed by atoms with Crippen molar-refractivity contribution in [2.75, 3.05) is 19.6 Å². The molecule has 5 heteroatoms. The number of piperidine rings is 1. The number of nitrogens with one attached hydrogen (secondary N) is 1. The van der Waals surface area contributed by atoms with E-state index >= 15 is 0 Å². The molecule has 2 rings (SSSR count). The second kappa shape index (κ2) is 5.74. The third-order valence-corrected chi connectivity index (χ3v) is 4.47. The SMILES string of the molecule is CC(C)(C)OC(=O)N1C[C@@H]2C(CCNC(=O)C(C)(C)C)[C@@H]2C1. The molecule has 0 radical (unpaired) electrons. The van der Waals surface area contributed by atoms with Crippen LogP contribution in [0.4, 0.5) is 4.79 Å². The maximum absolute atomic E-state index is 12.0. The van der Waals surface area contributed by atoms with Crippen LogP contribution in [0.15, 0.2) is 0 Å². The number of amides is 2. The molecule has 2 fully saturated rings. The second-order valence-electron chi connectivity index (χ2n) is 8.67. The van der Waals surface area contributed by atoms with Crippen LogP contribution in [-0.2, 0) is 9.53 Å². The normalized spacial score (nSPS) is 27.4. The molecule has 1 unspecified atom stereocenters. The van der Waals surface area contributed by atoms with Gasteiger partial charge in [-0.1, -0.05) is 20.8 Å². The van der Waals surface area contributed by atoms with Crippen LogP contribution in [0.3, 0.4) is 0 Å². The van der Waals surface area contributed by atoms with E-state index in [2.05, 4.69) is 5.32 Å². The van der Waals surface area contributed by atoms with Crippen LogP contribution in [0.2, 0.25) is 0 Å². The van der Waals surface area contributed by atoms with Gasteiger partial charge in [0.15, 0.2) is 0 Å². The van der Waals surface area contributed by atoms with Crippen molar-refractivity contribution in [1.29, 1.82) is 0 Å². The first-order valence-electron chi connectivity index (χ1n) is 8.25. The summed E-state index contributed by atoms with van der Waals surface area (Å²) in [7, 11) is 0. The van der Waals surface area contributed by atoms with Crippen LogP contribution in [0, 0.1) is 23.2 Å². The van der Waals surface area contributed by atoms with Crippen LogP contribution >= 0.6 is 0 Å². The largest absolute Gasteiger partial charge is 0.444 e. The van der Waals surface area contributed by atoms with Gasteiger partial charge in [-0.3, -0.25) is 4.79 Å². The van der Waals surface area contributed by atoms with Gasteiger partial charge in [0.1, 0.15) is 5.60 Å². The molecular weight excluding hydrogens is 280 g/mol. The summed E-state index contributed by atoms with van der Waals surface area (Å²) in [6.07, 6.45) is 0.818. The number of fused-ring (bicyclic) bond motifs is 1. The zero-order valence-electron chi connectivity index (χ0n) is 14.7. The summed E-state index contributed by atoms with van der Waals surface area (Å²) in [5.41, 5.74) is -0.757. The molecule has 126 valence electrons. The Morgan fingerprint density at radius 1 is 1.09 bits per heavy atom. The van der Waals surface area contributed by atoms with Crippen LogP contribution in [0.1, 0.15) is 48.0 Å². The maximum Gasteiger partial charge on any atom is 0.410 e. The van der Waals surface area contributed by atoms with E-state index in [-0.39, 0.29) is 17.4 Å². The topological polar surface area (TPSA) is 58.6 Å². The molecule has 5 nitrogen and oxygen atoms in total. The van der Waals surface area contributed by atoms with E-state index in [1.54, 1.807) is 0 Å². The number of carbonyl (C=O) groups excluding carboxylic acids is 2. The van der Waals surface area contributed by atoms with Crippen LogP contribution < -0.4 is 5.32 Å². The van der Waals surface area contributed by atoms with Gasteiger partial charge >= 0.3 is 6.09 Å². The third kappa shape index (κ3) is 4.14. The number of carbonyl (C=O) groups is 2. The number of hydrogen-bond donors (Lipinski definition) is 1. The smallest absolute Gasteiger partial charge is 0.410 e. The van der Waals surface area contributed by atoms with Crippen molar-refractivity contribution in [2.45, 2.75) is 53.6 Å². The van der Waals surface area contributed by atoms with Crippen molar-refractivity contribution in [1.82, 2.24) is 10.2 Å². The molecule has 2 aliphatic rings. The predicted molar refractivity (Wildman–Crippen MR) is 85.4 cm³/mol. The van der Waals surface area contributed by atoms with E-state index in [0.29, 0.717) is 17.8 Å². The average Bonchev–Trinajstić information content (AvgIpc) is 2.80. The highest BCUT2D eigenvalue weighted by atomic mass is 16.6. The minimum atomic E-state index is -0.430. The van der Waals surface area contributed by atoms with Crippen molar-refractivity contribution < 1.29 is 14.3 Å². The summed E-state index contributed by atoms with van der Waals surface area (Å²) in [6, 6.07) is 0. The zero-order valence-corrected chi connectivity index (χ0v) is 14.7. The summed E-state index contributed by atoms with van der Waals surface area (Å²) < 4.78 is 5.41. The van der Waals surface area contributed by atoms with E-state index in [9.17, 15) is 9.59 Å². The van der Waals surface area contributed by atoms with Crippen LogP contribution in [-0.4, -0.2) is 42.1 Å². The molecule has 0 bridgehead atoms. The summed E-state index contributed by atoms with van der Waals surface area (Å²) >= 11 is 0. The Balaban J connectivity index is 1.67. The van der Waals surface area contributed by atoms with Gasteiger partial charge in [-0.25, -0.2) is 4.79 Å². The van der Waals surface area contributed by atoms with Gasteiger partial charge in [-0.05, 0) is 44.9 Å². The molecule has 1 saturated heterocycles. The summed E-state index contributed by atoms with van der Waals surface area (Å²) in [5, 5.41) is 3.00. The van der Waals surface area contributed by atoms with Gasteiger partial charge in [-0.15, -0.1) is 0 Å². The Hall–Kier alpha value is -1.26. The average molecular weight is 310 g/mol. The van der Waals surface area contributed by atoms with Crippen molar-refractivity contribution in [3.05, 3.63) is 0 Å². The molecule has 1 heterocycles. The highest BCUT2D eigenvalue weighted by Gasteiger charge is 2.56. The Kier molecular flexibility index (Phi) is 4.46. The molecule has 22 heavy (non-hydrogen) atoms. The lowest BCUT2D eigenvalue weighted by atomic mass is 9.95. The van der Waals surface area contributed by atoms with Crippen molar-refractivity contribution in [3.63, 3.8) is 0 Å². The summed E-state index contributed by atoms with van der Waals surface area (Å²) in [6.45, 7) is 13.8. The fourth-order valence-electron chi connectivity index (χ4n) is 3.17. The van der Waals surface area contributed by atoms with Gasteiger partial charge < -0.3 is 15.0 Å². The molecule has 0 aromatic carbocycles. The minimum Gasteiger partial charge on any atom is -0.444 e. The standard InChI is InChI=1S/C17H30N2O3/c1-16(2,3)14(20)18-8-7-11-12-9-19(10-13(11)12)15(21)22-17(4,5)6/h11-13H,7-10H2,1-6H3,(H,18,20)/t11?,12-,13+. The lowest BCUT2D eigenvalue weighted by Gasteiger charge is -2.26. The molecule has 1 saturated carbocycles. The lowest BCUT2D eigenvalue weighted by molar-refractivity contribution is -0.128. The van der Waals surface area contributed by atoms with E-state index in [1.165, 1.54) is 0 Å². The minimum absolute atomic E-state index is 0.105. The van der Waals surface area contributed by atoms with Gasteiger partial charge in [0.05, 0.1) is 0 Å². The number of nitrogens with zero attached hydrogens (tertiary/aromatic N) is 1. The Labute approximate surface area is 133 Å². The highest BCUT2D eigenvalue weighted by Crippen LogP contribution is 2.53. The fraction of sp³-hybridized carbons (Fsp3) is 0.882. The van der Waals surface area contributed by atoms with Crippen molar-refractivity contribution >= 4 is 12.0 Å². The number of hydrogen-bond acceptors (Lipinski definition) is 3. The first kappa shape index (κ1) is 17.1. The van der Waals surface area contributed by atoms with E-state index in [0.717, 1.165) is 26.1 Å². The number of likely N-dealkylation sites (tertiary alicyclic amines) is 1. The molecule has 1 aliphatic carbocycles. The van der Waals surface area contributed by atoms with Gasteiger partial charge in [0.2, 0.25) is 5.91 Å². The quantitative estimate of drug-likeness (QED) is 0.872. The predicted octanol–water partition coefficient (Wildman–Crippen LogP) is 2.65. The first-order chi connectivity index (χ1) is 9.99. The van der Waals surface area contributed by atoms with E-state index in [4.69, 9.17) is 4.74 Å². The van der Waals surface area contributed by atoms with E-state index in [1.807, 2.05) is 46.4 Å². The van der Waals surface area contributed by atoms with Gasteiger partial charge in [0, 0.05) is 25.0 Å². The molecule has 3 atom stereocenters. The molecule has 1 N–H and O–H groups in total. The molecule has 0 aromatic heterocycles. The summed E-state index contributed by atoms with van der Waals surface area (Å²) in [4.78, 5) is 25.6. The Bertz CT molecular complexity index is 436. The lowest BCUT2D eigenvalue weighted by Crippen LogP contribution is -2.38. The molecule has 0 aromatic rings. The van der Waals surface area contributed by atoms with E-state index < -0.39 is 5.60 Å². The number of rotatable bonds is 3. The third-order valence-electron chi connectivity index (χ3n) is 4.47. The maximum atomic E-state index is 12.0. The van der Waals surface area contributed by atoms with Crippen molar-refractivity contribution in [3.8, 4) is 0 Å². The summed E-state index contributed by atoms with van der Waals surface area (Å²) in [5.74, 6) is 1.95. The highest BCUT2D eigenvalue weighted by molar-refractivity contribution is 5.81. The first-order valence-corrected chi connectivity index (χ1v) is 8.25. The van der Waals surface area contributed by atoms with Crippen molar-refractivity contribution in [2.24, 2.45) is 23.2 Å². The second-order valence-corrected chi connectivity index (χ2v) is 8.67. The van der Waals surface area contributed by atoms with Crippen LogP contribution in [0.5, 0.6) is 0 Å². The van der Waals surface area contributed by atoms with Crippen LogP contribution in [0.25, 0.3) is 0 Å². The molecule has 0 spiro atoms. The molecular formula is C17H30N2O3. The Morgan fingerprint density at radius 2 is 1.64 bits per heavy atom. The zero-order chi connectivity index (χ0) is 16.7. The molecule has 1 aliphatic heterocycles. The van der Waals surface area contributed by atoms with Gasteiger partial charge in [-0.2, -0.15) is 0 Å². The molecule has 2 amide bonds.